The van der Waals surface area contributed by atoms with E-state index in [0.29, 0.717) is 6.42 Å². The smallest absolute Gasteiger partial charge is 0.406 e. The van der Waals surface area contributed by atoms with E-state index in [1.54, 1.807) is 12.1 Å². The van der Waals surface area contributed by atoms with E-state index in [1.165, 1.54) is 17.7 Å². The van der Waals surface area contributed by atoms with Crippen molar-refractivity contribution in [3.05, 3.63) is 65.2 Å². The molecule has 2 rings (SSSR count). The summed E-state index contributed by atoms with van der Waals surface area (Å²) in [7, 11) is 1.89. The molecule has 0 unspecified atom stereocenters. The molecule has 0 spiro atoms. The maximum absolute atomic E-state index is 12.1. The SMILES string of the molecule is CNCc1ccc(Cc2ccc(OC(F)(F)F)cc2)cc1. The van der Waals surface area contributed by atoms with Gasteiger partial charge >= 0.3 is 6.36 Å². The third kappa shape index (κ3) is 5.11. The Bertz CT molecular complexity index is 562. The van der Waals surface area contributed by atoms with Crippen molar-refractivity contribution in [2.75, 3.05) is 7.05 Å². The van der Waals surface area contributed by atoms with Crippen LogP contribution in [0.3, 0.4) is 0 Å². The fraction of sp³-hybridized carbons (Fsp3) is 0.250. The lowest BCUT2D eigenvalue weighted by atomic mass is 10.0. The van der Waals surface area contributed by atoms with Crippen molar-refractivity contribution < 1.29 is 17.9 Å². The Kier molecular flexibility index (Phi) is 4.85. The first-order valence-corrected chi connectivity index (χ1v) is 6.53. The second-order valence-corrected chi connectivity index (χ2v) is 4.72. The molecular formula is C16H16F3NO. The maximum atomic E-state index is 12.1. The molecule has 0 aromatic heterocycles. The lowest BCUT2D eigenvalue weighted by Gasteiger charge is -2.09. The van der Waals surface area contributed by atoms with Crippen molar-refractivity contribution in [1.29, 1.82) is 0 Å². The molecule has 0 aliphatic heterocycles. The van der Waals surface area contributed by atoms with Crippen LogP contribution in [0.2, 0.25) is 0 Å². The highest BCUT2D eigenvalue weighted by Crippen LogP contribution is 2.23. The topological polar surface area (TPSA) is 21.3 Å². The number of ether oxygens (including phenoxy) is 1. The maximum Gasteiger partial charge on any atom is 0.573 e. The molecule has 2 nitrogen and oxygen atoms in total. The number of hydrogen-bond acceptors (Lipinski definition) is 2. The van der Waals surface area contributed by atoms with E-state index in [0.717, 1.165) is 17.7 Å². The Morgan fingerprint density at radius 3 is 1.81 bits per heavy atom. The largest absolute Gasteiger partial charge is 0.573 e. The summed E-state index contributed by atoms with van der Waals surface area (Å²) in [6.07, 6.45) is -3.98. The highest BCUT2D eigenvalue weighted by molar-refractivity contribution is 5.32. The summed E-state index contributed by atoms with van der Waals surface area (Å²) >= 11 is 0. The highest BCUT2D eigenvalue weighted by atomic mass is 19.4. The van der Waals surface area contributed by atoms with E-state index < -0.39 is 6.36 Å². The predicted molar refractivity (Wildman–Crippen MR) is 75.1 cm³/mol. The van der Waals surface area contributed by atoms with Gasteiger partial charge in [0.15, 0.2) is 0 Å². The molecule has 1 N–H and O–H groups in total. The number of halogens is 3. The van der Waals surface area contributed by atoms with Crippen LogP contribution in [0, 0.1) is 0 Å². The predicted octanol–water partition coefficient (Wildman–Crippen LogP) is 3.90. The van der Waals surface area contributed by atoms with E-state index in [9.17, 15) is 13.2 Å². The zero-order valence-corrected chi connectivity index (χ0v) is 11.6. The average molecular weight is 295 g/mol. The van der Waals surface area contributed by atoms with Gasteiger partial charge in [-0.05, 0) is 42.3 Å². The van der Waals surface area contributed by atoms with E-state index in [1.807, 2.05) is 31.3 Å². The number of alkyl halides is 3. The molecular weight excluding hydrogens is 279 g/mol. The van der Waals surface area contributed by atoms with Crippen molar-refractivity contribution in [2.24, 2.45) is 0 Å². The molecule has 0 heterocycles. The minimum Gasteiger partial charge on any atom is -0.406 e. The van der Waals surface area contributed by atoms with E-state index in [-0.39, 0.29) is 5.75 Å². The van der Waals surface area contributed by atoms with E-state index in [2.05, 4.69) is 10.1 Å². The second kappa shape index (κ2) is 6.63. The normalized spacial score (nSPS) is 11.4. The van der Waals surface area contributed by atoms with Crippen LogP contribution in [-0.2, 0) is 13.0 Å². The molecule has 0 bridgehead atoms. The lowest BCUT2D eigenvalue weighted by molar-refractivity contribution is -0.274. The lowest BCUT2D eigenvalue weighted by Crippen LogP contribution is -2.17. The monoisotopic (exact) mass is 295 g/mol. The molecule has 0 saturated heterocycles. The van der Waals surface area contributed by atoms with Crippen LogP contribution < -0.4 is 10.1 Å². The van der Waals surface area contributed by atoms with Gasteiger partial charge in [0.25, 0.3) is 0 Å². The first kappa shape index (κ1) is 15.4. The van der Waals surface area contributed by atoms with Crippen molar-refractivity contribution in [2.45, 2.75) is 19.3 Å². The number of rotatable bonds is 5. The van der Waals surface area contributed by atoms with Gasteiger partial charge in [-0.15, -0.1) is 13.2 Å². The summed E-state index contributed by atoms with van der Waals surface area (Å²) in [4.78, 5) is 0. The van der Waals surface area contributed by atoms with Crippen LogP contribution in [0.25, 0.3) is 0 Å². The molecule has 0 radical (unpaired) electrons. The summed E-state index contributed by atoms with van der Waals surface area (Å²) in [5, 5.41) is 3.07. The Hall–Kier alpha value is -2.01. The van der Waals surface area contributed by atoms with Crippen LogP contribution in [0.15, 0.2) is 48.5 Å². The first-order chi connectivity index (χ1) is 9.96. The number of hydrogen-bond donors (Lipinski definition) is 1. The quantitative estimate of drug-likeness (QED) is 0.903. The molecule has 0 saturated carbocycles. The summed E-state index contributed by atoms with van der Waals surface area (Å²) in [5.74, 6) is -0.199. The summed E-state index contributed by atoms with van der Waals surface area (Å²) < 4.78 is 40.0. The van der Waals surface area contributed by atoms with Crippen LogP contribution in [-0.4, -0.2) is 13.4 Å². The van der Waals surface area contributed by atoms with Crippen LogP contribution >= 0.6 is 0 Å². The molecule has 0 aliphatic carbocycles. The van der Waals surface area contributed by atoms with Gasteiger partial charge in [-0.2, -0.15) is 0 Å². The zero-order valence-electron chi connectivity index (χ0n) is 11.6. The summed E-state index contributed by atoms with van der Waals surface area (Å²) in [6.45, 7) is 0.809. The molecule has 2 aromatic rings. The van der Waals surface area contributed by atoms with Crippen molar-refractivity contribution in [3.8, 4) is 5.75 Å². The van der Waals surface area contributed by atoms with Crippen molar-refractivity contribution >= 4 is 0 Å². The van der Waals surface area contributed by atoms with Gasteiger partial charge < -0.3 is 10.1 Å². The van der Waals surface area contributed by atoms with Gasteiger partial charge in [0.1, 0.15) is 5.75 Å². The summed E-state index contributed by atoms with van der Waals surface area (Å²) in [6, 6.07) is 14.1. The first-order valence-electron chi connectivity index (χ1n) is 6.53. The molecule has 0 atom stereocenters. The zero-order chi connectivity index (χ0) is 15.3. The number of nitrogens with one attached hydrogen (secondary N) is 1. The van der Waals surface area contributed by atoms with Crippen LogP contribution in [0.4, 0.5) is 13.2 Å². The van der Waals surface area contributed by atoms with E-state index in [4.69, 9.17) is 0 Å². The molecule has 2 aromatic carbocycles. The van der Waals surface area contributed by atoms with Crippen molar-refractivity contribution in [3.63, 3.8) is 0 Å². The van der Waals surface area contributed by atoms with Gasteiger partial charge in [0.2, 0.25) is 0 Å². The number of benzene rings is 2. The standard InChI is InChI=1S/C16H16F3NO/c1-20-11-14-4-2-12(3-5-14)10-13-6-8-15(9-7-13)21-16(17,18)19/h2-9,20H,10-11H2,1H3. The van der Waals surface area contributed by atoms with Gasteiger partial charge in [-0.3, -0.25) is 0 Å². The Labute approximate surface area is 121 Å². The van der Waals surface area contributed by atoms with Gasteiger partial charge in [-0.1, -0.05) is 36.4 Å². The fourth-order valence-corrected chi connectivity index (χ4v) is 2.02. The molecule has 112 valence electrons. The molecule has 0 amide bonds. The van der Waals surface area contributed by atoms with E-state index >= 15 is 0 Å². The minimum absolute atomic E-state index is 0.199. The van der Waals surface area contributed by atoms with Crippen molar-refractivity contribution in [1.82, 2.24) is 5.32 Å². The van der Waals surface area contributed by atoms with Gasteiger partial charge in [0, 0.05) is 6.54 Å². The fourth-order valence-electron chi connectivity index (χ4n) is 2.02. The Morgan fingerprint density at radius 2 is 1.33 bits per heavy atom. The van der Waals surface area contributed by atoms with Crippen LogP contribution in [0.5, 0.6) is 5.75 Å². The second-order valence-electron chi connectivity index (χ2n) is 4.72. The third-order valence-corrected chi connectivity index (χ3v) is 2.97. The molecule has 21 heavy (non-hydrogen) atoms. The van der Waals surface area contributed by atoms with Gasteiger partial charge in [-0.25, -0.2) is 0 Å². The minimum atomic E-state index is -4.65. The summed E-state index contributed by atoms with van der Waals surface area (Å²) in [5.41, 5.74) is 3.24. The Morgan fingerprint density at radius 1 is 0.857 bits per heavy atom. The molecule has 0 fully saturated rings. The third-order valence-electron chi connectivity index (χ3n) is 2.97. The van der Waals surface area contributed by atoms with Gasteiger partial charge in [0.05, 0.1) is 0 Å². The average Bonchev–Trinajstić information content (AvgIpc) is 2.42. The highest BCUT2D eigenvalue weighted by Gasteiger charge is 2.30. The molecule has 5 heteroatoms. The molecule has 0 aliphatic rings. The van der Waals surface area contributed by atoms with Crippen LogP contribution in [0.1, 0.15) is 16.7 Å². The Balaban J connectivity index is 1.99.